The van der Waals surface area contributed by atoms with Crippen LogP contribution in [0.3, 0.4) is 0 Å². The van der Waals surface area contributed by atoms with Crippen molar-refractivity contribution in [3.05, 3.63) is 89.1 Å². The molecule has 160 valence electrons. The number of halogens is 4. The number of benzene rings is 3. The van der Waals surface area contributed by atoms with Crippen LogP contribution in [0.25, 0.3) is 16.6 Å². The molecule has 1 unspecified atom stereocenters. The molecule has 8 heteroatoms. The Bertz CT molecular complexity index is 1220. The fourth-order valence-electron chi connectivity index (χ4n) is 3.31. The minimum absolute atomic E-state index is 0.174. The summed E-state index contributed by atoms with van der Waals surface area (Å²) in [6.45, 7) is 0.665. The third-order valence-corrected chi connectivity index (χ3v) is 5.34. The number of ether oxygens (including phenoxy) is 1. The molecule has 3 aromatic carbocycles. The van der Waals surface area contributed by atoms with E-state index in [1.54, 1.807) is 23.7 Å². The second-order valence-electron chi connectivity index (χ2n) is 7.22. The molecule has 0 aliphatic rings. The summed E-state index contributed by atoms with van der Waals surface area (Å²) in [5.74, 6) is 0.174. The number of hydrogen-bond donors (Lipinski definition) is 1. The monoisotopic (exact) mass is 446 g/mol. The Balaban J connectivity index is 1.71. The molecule has 0 aliphatic heterocycles. The van der Waals surface area contributed by atoms with Crippen LogP contribution in [-0.2, 0) is 5.60 Å². The van der Waals surface area contributed by atoms with E-state index >= 15 is 0 Å². The lowest BCUT2D eigenvalue weighted by Crippen LogP contribution is -2.47. The maximum absolute atomic E-state index is 14.0. The molecule has 4 rings (SSSR count). The average molecular weight is 447 g/mol. The first kappa shape index (κ1) is 21.2. The lowest BCUT2D eigenvalue weighted by molar-refractivity contribution is -0.275. The van der Waals surface area contributed by atoms with Gasteiger partial charge in [0.1, 0.15) is 12.4 Å². The number of aromatic nitrogens is 2. The molecule has 4 nitrogen and oxygen atoms in total. The molecule has 31 heavy (non-hydrogen) atoms. The Kier molecular flexibility index (Phi) is 5.41. The molecule has 1 aromatic heterocycles. The zero-order valence-electron chi connectivity index (χ0n) is 16.4. The lowest BCUT2D eigenvalue weighted by atomic mass is 9.93. The van der Waals surface area contributed by atoms with Gasteiger partial charge in [-0.15, -0.1) is 0 Å². The second kappa shape index (κ2) is 7.90. The largest absolute Gasteiger partial charge is 0.490 e. The molecule has 0 radical (unpaired) electrons. The minimum Gasteiger partial charge on any atom is -0.490 e. The summed E-state index contributed by atoms with van der Waals surface area (Å²) >= 11 is 5.92. The van der Waals surface area contributed by atoms with Gasteiger partial charge in [0.15, 0.2) is 0 Å². The van der Waals surface area contributed by atoms with E-state index in [-0.39, 0.29) is 11.3 Å². The van der Waals surface area contributed by atoms with Gasteiger partial charge in [0.2, 0.25) is 5.60 Å². The molecule has 0 aliphatic carbocycles. The summed E-state index contributed by atoms with van der Waals surface area (Å²) < 4.78 is 48.9. The number of aryl methyl sites for hydroxylation is 1. The van der Waals surface area contributed by atoms with E-state index < -0.39 is 18.4 Å². The van der Waals surface area contributed by atoms with E-state index in [4.69, 9.17) is 16.3 Å². The quantitative estimate of drug-likeness (QED) is 0.420. The van der Waals surface area contributed by atoms with Crippen LogP contribution in [-0.4, -0.2) is 27.7 Å². The van der Waals surface area contributed by atoms with E-state index in [2.05, 4.69) is 5.10 Å². The first-order chi connectivity index (χ1) is 14.7. The van der Waals surface area contributed by atoms with Gasteiger partial charge in [-0.1, -0.05) is 41.9 Å². The number of nitrogens with zero attached hydrogens (tertiary/aromatic N) is 2. The van der Waals surface area contributed by atoms with Crippen LogP contribution in [0.1, 0.15) is 11.1 Å². The summed E-state index contributed by atoms with van der Waals surface area (Å²) in [6, 6.07) is 17.9. The summed E-state index contributed by atoms with van der Waals surface area (Å²) in [6.07, 6.45) is -3.51. The standard InChI is InChI=1S/C23H18ClF3N2O2/c1-15-7-9-18(24)12-21(15)31-14-22(30,23(25,26)27)17-8-10-20-16(11-17)13-28-29(20)19-5-3-2-4-6-19/h2-13,30H,14H2,1H3. The second-order valence-corrected chi connectivity index (χ2v) is 7.66. The molecule has 1 atom stereocenters. The van der Waals surface area contributed by atoms with Crippen molar-refractivity contribution in [2.45, 2.75) is 18.7 Å². The average Bonchev–Trinajstić information content (AvgIpc) is 3.17. The third kappa shape index (κ3) is 3.98. The molecular weight excluding hydrogens is 429 g/mol. The van der Waals surface area contributed by atoms with Gasteiger partial charge in [0.05, 0.1) is 17.4 Å². The van der Waals surface area contributed by atoms with Gasteiger partial charge in [-0.25, -0.2) is 4.68 Å². The zero-order valence-corrected chi connectivity index (χ0v) is 17.2. The SMILES string of the molecule is Cc1ccc(Cl)cc1OCC(O)(c1ccc2c(cnn2-c2ccccc2)c1)C(F)(F)F. The van der Waals surface area contributed by atoms with Gasteiger partial charge >= 0.3 is 6.18 Å². The number of aliphatic hydroxyl groups is 1. The summed E-state index contributed by atoms with van der Waals surface area (Å²) in [7, 11) is 0. The van der Waals surface area contributed by atoms with Crippen molar-refractivity contribution < 1.29 is 23.0 Å². The number of fused-ring (bicyclic) bond motifs is 1. The number of rotatable bonds is 5. The van der Waals surface area contributed by atoms with Crippen LogP contribution in [0.15, 0.2) is 72.9 Å². The highest BCUT2D eigenvalue weighted by Gasteiger charge is 2.56. The predicted molar refractivity (Wildman–Crippen MR) is 113 cm³/mol. The van der Waals surface area contributed by atoms with Crippen molar-refractivity contribution in [1.82, 2.24) is 9.78 Å². The van der Waals surface area contributed by atoms with Gasteiger partial charge in [-0.05, 0) is 54.4 Å². The van der Waals surface area contributed by atoms with E-state index in [9.17, 15) is 18.3 Å². The van der Waals surface area contributed by atoms with E-state index in [0.29, 0.717) is 21.5 Å². The van der Waals surface area contributed by atoms with Crippen molar-refractivity contribution >= 4 is 22.5 Å². The van der Waals surface area contributed by atoms with E-state index in [0.717, 1.165) is 5.69 Å². The Morgan fingerprint density at radius 1 is 1.03 bits per heavy atom. The molecule has 4 aromatic rings. The Morgan fingerprint density at radius 2 is 1.77 bits per heavy atom. The molecular formula is C23H18ClF3N2O2. The van der Waals surface area contributed by atoms with Crippen molar-refractivity contribution in [3.8, 4) is 11.4 Å². The highest BCUT2D eigenvalue weighted by Crippen LogP contribution is 2.41. The maximum Gasteiger partial charge on any atom is 0.424 e. The molecule has 1 N–H and O–H groups in total. The molecule has 0 saturated heterocycles. The van der Waals surface area contributed by atoms with Gasteiger partial charge in [-0.3, -0.25) is 0 Å². The Hall–Kier alpha value is -3.03. The van der Waals surface area contributed by atoms with Crippen LogP contribution in [0.5, 0.6) is 5.75 Å². The Labute approximate surface area is 181 Å². The maximum atomic E-state index is 14.0. The van der Waals surface area contributed by atoms with E-state index in [1.165, 1.54) is 30.5 Å². The van der Waals surface area contributed by atoms with Gasteiger partial charge in [0, 0.05) is 10.4 Å². The summed E-state index contributed by atoms with van der Waals surface area (Å²) in [5, 5.41) is 15.8. The minimum atomic E-state index is -4.97. The molecule has 0 fully saturated rings. The first-order valence-corrected chi connectivity index (χ1v) is 9.78. The Morgan fingerprint density at radius 3 is 2.48 bits per heavy atom. The van der Waals surface area contributed by atoms with Crippen molar-refractivity contribution in [1.29, 1.82) is 0 Å². The normalized spacial score (nSPS) is 13.9. The van der Waals surface area contributed by atoms with Crippen LogP contribution in [0.4, 0.5) is 13.2 Å². The third-order valence-electron chi connectivity index (χ3n) is 5.10. The number of hydrogen-bond acceptors (Lipinski definition) is 3. The molecule has 0 spiro atoms. The van der Waals surface area contributed by atoms with Crippen molar-refractivity contribution in [3.63, 3.8) is 0 Å². The summed E-state index contributed by atoms with van der Waals surface area (Å²) in [5.41, 5.74) is -1.55. The topological polar surface area (TPSA) is 47.3 Å². The summed E-state index contributed by atoms with van der Waals surface area (Å²) in [4.78, 5) is 0. The van der Waals surface area contributed by atoms with Crippen molar-refractivity contribution in [2.75, 3.05) is 6.61 Å². The lowest BCUT2D eigenvalue weighted by Gasteiger charge is -2.31. The van der Waals surface area contributed by atoms with Crippen molar-refractivity contribution in [2.24, 2.45) is 0 Å². The fraction of sp³-hybridized carbons (Fsp3) is 0.174. The predicted octanol–water partition coefficient (Wildman–Crippen LogP) is 5.82. The van der Waals surface area contributed by atoms with Crippen LogP contribution in [0, 0.1) is 6.92 Å². The smallest absolute Gasteiger partial charge is 0.424 e. The fourth-order valence-corrected chi connectivity index (χ4v) is 3.47. The molecule has 1 heterocycles. The molecule has 0 amide bonds. The highest BCUT2D eigenvalue weighted by molar-refractivity contribution is 6.30. The van der Waals surface area contributed by atoms with Gasteiger partial charge in [-0.2, -0.15) is 18.3 Å². The molecule has 0 saturated carbocycles. The highest BCUT2D eigenvalue weighted by atomic mass is 35.5. The van der Waals surface area contributed by atoms with Gasteiger partial charge in [0.25, 0.3) is 0 Å². The van der Waals surface area contributed by atoms with Crippen LogP contribution < -0.4 is 4.74 Å². The number of para-hydroxylation sites is 1. The van der Waals surface area contributed by atoms with Crippen LogP contribution in [0.2, 0.25) is 5.02 Å². The first-order valence-electron chi connectivity index (χ1n) is 9.41. The van der Waals surface area contributed by atoms with Gasteiger partial charge < -0.3 is 9.84 Å². The molecule has 0 bridgehead atoms. The van der Waals surface area contributed by atoms with E-state index in [1.807, 2.05) is 30.3 Å². The number of alkyl halides is 3. The zero-order chi connectivity index (χ0) is 22.2. The van der Waals surface area contributed by atoms with Crippen LogP contribution >= 0.6 is 11.6 Å².